The van der Waals surface area contributed by atoms with Crippen molar-refractivity contribution in [2.24, 2.45) is 5.92 Å². The standard InChI is InChI=1S/C14H15F3O3/c1-12(2)11-6-13(11,7-18)9-5-8(19-14(15,16)17)3-4-10(9)20-12/h3-5,11,18H,6-7H2,1-2H3. The van der Waals surface area contributed by atoms with E-state index in [-0.39, 0.29) is 18.3 Å². The molecule has 3 rings (SSSR count). The maximum absolute atomic E-state index is 12.3. The molecule has 1 N–H and O–H groups in total. The van der Waals surface area contributed by atoms with Crippen LogP contribution in [0.15, 0.2) is 18.2 Å². The van der Waals surface area contributed by atoms with Gasteiger partial charge in [-0.15, -0.1) is 13.2 Å². The molecule has 1 aromatic rings. The molecule has 0 amide bonds. The van der Waals surface area contributed by atoms with Crippen LogP contribution in [0.4, 0.5) is 13.2 Å². The minimum absolute atomic E-state index is 0.104. The minimum Gasteiger partial charge on any atom is -0.487 e. The first-order chi connectivity index (χ1) is 9.18. The van der Waals surface area contributed by atoms with Crippen LogP contribution in [-0.2, 0) is 5.41 Å². The van der Waals surface area contributed by atoms with E-state index in [1.165, 1.54) is 18.2 Å². The van der Waals surface area contributed by atoms with Crippen LogP contribution in [0.1, 0.15) is 25.8 Å². The number of aliphatic hydroxyl groups is 1. The number of fused-ring (bicyclic) bond motifs is 3. The van der Waals surface area contributed by atoms with Gasteiger partial charge in [0.2, 0.25) is 0 Å². The van der Waals surface area contributed by atoms with Gasteiger partial charge in [-0.3, -0.25) is 0 Å². The molecule has 0 bridgehead atoms. The molecule has 1 saturated carbocycles. The smallest absolute Gasteiger partial charge is 0.487 e. The van der Waals surface area contributed by atoms with Crippen LogP contribution < -0.4 is 9.47 Å². The molecule has 1 aliphatic heterocycles. The Morgan fingerprint density at radius 1 is 1.40 bits per heavy atom. The molecule has 1 aromatic carbocycles. The van der Waals surface area contributed by atoms with Crippen molar-refractivity contribution in [2.45, 2.75) is 37.6 Å². The molecular formula is C14H15F3O3. The van der Waals surface area contributed by atoms with E-state index in [1.54, 1.807) is 0 Å². The summed E-state index contributed by atoms with van der Waals surface area (Å²) in [6.45, 7) is 3.75. The summed E-state index contributed by atoms with van der Waals surface area (Å²) < 4.78 is 46.6. The number of alkyl halides is 3. The van der Waals surface area contributed by atoms with Crippen molar-refractivity contribution >= 4 is 0 Å². The molecule has 2 unspecified atom stereocenters. The van der Waals surface area contributed by atoms with Gasteiger partial charge in [0.05, 0.1) is 6.61 Å². The third-order valence-electron chi connectivity index (χ3n) is 4.29. The van der Waals surface area contributed by atoms with Crippen LogP contribution in [0.25, 0.3) is 0 Å². The molecule has 1 heterocycles. The summed E-state index contributed by atoms with van der Waals surface area (Å²) in [6.07, 6.45) is -4.02. The molecule has 0 spiro atoms. The molecule has 0 saturated heterocycles. The number of halogens is 3. The maximum atomic E-state index is 12.3. The van der Waals surface area contributed by atoms with Gasteiger partial charge in [0.25, 0.3) is 0 Å². The fraction of sp³-hybridized carbons (Fsp3) is 0.571. The molecule has 3 nitrogen and oxygen atoms in total. The average Bonchev–Trinajstić information content (AvgIpc) is 3.05. The van der Waals surface area contributed by atoms with Gasteiger partial charge in [-0.25, -0.2) is 0 Å². The van der Waals surface area contributed by atoms with Crippen molar-refractivity contribution in [3.8, 4) is 11.5 Å². The van der Waals surface area contributed by atoms with Gasteiger partial charge in [0.15, 0.2) is 0 Å². The first-order valence-corrected chi connectivity index (χ1v) is 6.38. The van der Waals surface area contributed by atoms with Gasteiger partial charge in [-0.2, -0.15) is 0 Å². The van der Waals surface area contributed by atoms with Crippen LogP contribution in [0.3, 0.4) is 0 Å². The van der Waals surface area contributed by atoms with E-state index in [4.69, 9.17) is 4.74 Å². The molecule has 0 aromatic heterocycles. The van der Waals surface area contributed by atoms with Crippen molar-refractivity contribution in [3.63, 3.8) is 0 Å². The van der Waals surface area contributed by atoms with Gasteiger partial charge in [0.1, 0.15) is 17.1 Å². The van der Waals surface area contributed by atoms with Gasteiger partial charge >= 0.3 is 6.36 Å². The molecule has 1 aliphatic carbocycles. The predicted octanol–water partition coefficient (Wildman–Crippen LogP) is 3.01. The first kappa shape index (κ1) is 13.5. The Labute approximate surface area is 114 Å². The number of benzene rings is 1. The molecule has 1 fully saturated rings. The summed E-state index contributed by atoms with van der Waals surface area (Å²) >= 11 is 0. The second-order valence-corrected chi connectivity index (χ2v) is 5.98. The lowest BCUT2D eigenvalue weighted by molar-refractivity contribution is -0.274. The monoisotopic (exact) mass is 288 g/mol. The summed E-state index contributed by atoms with van der Waals surface area (Å²) in [5.74, 6) is 0.346. The van der Waals surface area contributed by atoms with E-state index in [9.17, 15) is 18.3 Å². The minimum atomic E-state index is -4.72. The third kappa shape index (κ3) is 1.93. The third-order valence-corrected chi connectivity index (χ3v) is 4.29. The Hall–Kier alpha value is -1.43. The zero-order valence-corrected chi connectivity index (χ0v) is 11.1. The highest BCUT2D eigenvalue weighted by Crippen LogP contribution is 2.65. The normalized spacial score (nSPS) is 30.0. The van der Waals surface area contributed by atoms with E-state index in [2.05, 4.69) is 4.74 Å². The highest BCUT2D eigenvalue weighted by Gasteiger charge is 2.66. The van der Waals surface area contributed by atoms with E-state index in [1.807, 2.05) is 13.8 Å². The van der Waals surface area contributed by atoms with Crippen LogP contribution >= 0.6 is 0 Å². The summed E-state index contributed by atoms with van der Waals surface area (Å²) in [4.78, 5) is 0. The molecule has 20 heavy (non-hydrogen) atoms. The Balaban J connectivity index is 2.01. The predicted molar refractivity (Wildman–Crippen MR) is 64.7 cm³/mol. The molecule has 0 radical (unpaired) electrons. The van der Waals surface area contributed by atoms with E-state index in [0.717, 1.165) is 0 Å². The number of hydrogen-bond donors (Lipinski definition) is 1. The summed E-state index contributed by atoms with van der Waals surface area (Å²) in [5.41, 5.74) is -0.324. The molecule has 2 atom stereocenters. The van der Waals surface area contributed by atoms with Crippen LogP contribution in [0.2, 0.25) is 0 Å². The highest BCUT2D eigenvalue weighted by molar-refractivity contribution is 5.52. The Morgan fingerprint density at radius 3 is 2.70 bits per heavy atom. The van der Waals surface area contributed by atoms with E-state index >= 15 is 0 Å². The second-order valence-electron chi connectivity index (χ2n) is 5.98. The molecule has 2 aliphatic rings. The lowest BCUT2D eigenvalue weighted by atomic mass is 9.84. The second kappa shape index (κ2) is 3.81. The number of ether oxygens (including phenoxy) is 2. The van der Waals surface area contributed by atoms with Crippen molar-refractivity contribution in [3.05, 3.63) is 23.8 Å². The first-order valence-electron chi connectivity index (χ1n) is 6.38. The summed E-state index contributed by atoms with van der Waals surface area (Å²) in [5, 5.41) is 9.68. The number of rotatable bonds is 2. The van der Waals surface area contributed by atoms with Gasteiger partial charge < -0.3 is 14.6 Å². The number of aliphatic hydroxyl groups excluding tert-OH is 1. The molecule has 110 valence electrons. The number of hydrogen-bond acceptors (Lipinski definition) is 3. The van der Waals surface area contributed by atoms with Crippen LogP contribution in [0.5, 0.6) is 11.5 Å². The van der Waals surface area contributed by atoms with E-state index < -0.39 is 17.4 Å². The van der Waals surface area contributed by atoms with Crippen molar-refractivity contribution in [1.29, 1.82) is 0 Å². The summed E-state index contributed by atoms with van der Waals surface area (Å²) in [7, 11) is 0. The zero-order chi connectivity index (χ0) is 14.8. The Bertz CT molecular complexity index is 553. The summed E-state index contributed by atoms with van der Waals surface area (Å²) in [6, 6.07) is 4.04. The van der Waals surface area contributed by atoms with Crippen molar-refractivity contribution in [2.75, 3.05) is 6.61 Å². The van der Waals surface area contributed by atoms with Crippen molar-refractivity contribution < 1.29 is 27.8 Å². The topological polar surface area (TPSA) is 38.7 Å². The van der Waals surface area contributed by atoms with Gasteiger partial charge in [-0.1, -0.05) is 0 Å². The largest absolute Gasteiger partial charge is 0.573 e. The van der Waals surface area contributed by atoms with Crippen LogP contribution in [0, 0.1) is 5.92 Å². The zero-order valence-electron chi connectivity index (χ0n) is 11.1. The Morgan fingerprint density at radius 2 is 2.10 bits per heavy atom. The van der Waals surface area contributed by atoms with E-state index in [0.29, 0.717) is 17.7 Å². The fourth-order valence-corrected chi connectivity index (χ4v) is 3.31. The maximum Gasteiger partial charge on any atom is 0.573 e. The Kier molecular flexibility index (Phi) is 2.58. The van der Waals surface area contributed by atoms with Crippen molar-refractivity contribution in [1.82, 2.24) is 0 Å². The highest BCUT2D eigenvalue weighted by atomic mass is 19.4. The molecule has 6 heteroatoms. The lowest BCUT2D eigenvalue weighted by Gasteiger charge is -2.36. The lowest BCUT2D eigenvalue weighted by Crippen LogP contribution is -2.40. The fourth-order valence-electron chi connectivity index (χ4n) is 3.31. The quantitative estimate of drug-likeness (QED) is 0.909. The van der Waals surface area contributed by atoms with Gasteiger partial charge in [-0.05, 0) is 38.5 Å². The molecular weight excluding hydrogens is 273 g/mol. The van der Waals surface area contributed by atoms with Crippen LogP contribution in [-0.4, -0.2) is 23.7 Å². The average molecular weight is 288 g/mol. The SMILES string of the molecule is CC1(C)Oc2ccc(OC(F)(F)F)cc2C2(CO)CC12. The van der Waals surface area contributed by atoms with Gasteiger partial charge in [0, 0.05) is 16.9 Å².